The van der Waals surface area contributed by atoms with Crippen LogP contribution in [-0.4, -0.2) is 34.3 Å². The number of methoxy groups -OCH3 is 1. The lowest BCUT2D eigenvalue weighted by Crippen LogP contribution is -2.05. The molecule has 0 aliphatic carbocycles. The molecule has 0 bridgehead atoms. The zero-order valence-electron chi connectivity index (χ0n) is 9.80. The second-order valence-electron chi connectivity index (χ2n) is 3.73. The molecule has 0 atom stereocenters. The summed E-state index contributed by atoms with van der Waals surface area (Å²) >= 11 is 0. The van der Waals surface area contributed by atoms with Crippen LogP contribution >= 0.6 is 0 Å². The van der Waals surface area contributed by atoms with Crippen molar-refractivity contribution in [1.29, 1.82) is 0 Å². The van der Waals surface area contributed by atoms with E-state index >= 15 is 0 Å². The second-order valence-corrected chi connectivity index (χ2v) is 3.73. The predicted molar refractivity (Wildman–Crippen MR) is 62.9 cm³/mol. The van der Waals surface area contributed by atoms with E-state index in [9.17, 15) is 4.79 Å². The third kappa shape index (κ3) is 2.01. The number of aromatic nitrogens is 2. The highest BCUT2D eigenvalue weighted by atomic mass is 16.5. The minimum Gasteiger partial charge on any atom is -0.465 e. The third-order valence-corrected chi connectivity index (χ3v) is 2.68. The van der Waals surface area contributed by atoms with Crippen LogP contribution in [0.1, 0.15) is 16.2 Å². The highest BCUT2D eigenvalue weighted by Crippen LogP contribution is 2.18. The highest BCUT2D eigenvalue weighted by Gasteiger charge is 2.11. The maximum absolute atomic E-state index is 11.4. The quantitative estimate of drug-likeness (QED) is 0.808. The van der Waals surface area contributed by atoms with Crippen molar-refractivity contribution in [3.63, 3.8) is 0 Å². The van der Waals surface area contributed by atoms with Crippen LogP contribution in [0, 0.1) is 6.92 Å². The Balaban J connectivity index is 2.57. The molecule has 0 saturated carbocycles. The Hall–Kier alpha value is -1.88. The van der Waals surface area contributed by atoms with Gasteiger partial charge in [-0.25, -0.2) is 9.78 Å². The van der Waals surface area contributed by atoms with Gasteiger partial charge in [-0.3, -0.25) is 0 Å². The molecule has 1 aromatic heterocycles. The number of nitrogens with zero attached hydrogens (tertiary/aromatic N) is 2. The SMILES string of the molecule is COC(=O)c1ccc2nc(C)n(CCO)c2c1. The van der Waals surface area contributed by atoms with E-state index in [4.69, 9.17) is 5.11 Å². The van der Waals surface area contributed by atoms with E-state index < -0.39 is 0 Å². The van der Waals surface area contributed by atoms with Crippen LogP contribution in [0.2, 0.25) is 0 Å². The summed E-state index contributed by atoms with van der Waals surface area (Å²) in [5, 5.41) is 9.01. The Morgan fingerprint density at radius 1 is 1.53 bits per heavy atom. The van der Waals surface area contributed by atoms with Crippen LogP contribution in [0.3, 0.4) is 0 Å². The first-order valence-corrected chi connectivity index (χ1v) is 5.33. The van der Waals surface area contributed by atoms with E-state index in [1.807, 2.05) is 11.5 Å². The summed E-state index contributed by atoms with van der Waals surface area (Å²) in [4.78, 5) is 15.8. The molecule has 0 unspecified atom stereocenters. The minimum absolute atomic E-state index is 0.0365. The number of esters is 1. The van der Waals surface area contributed by atoms with Crippen molar-refractivity contribution in [2.24, 2.45) is 0 Å². The summed E-state index contributed by atoms with van der Waals surface area (Å²) in [5.41, 5.74) is 2.13. The number of rotatable bonds is 3. The number of aliphatic hydroxyl groups excluding tert-OH is 1. The molecule has 0 saturated heterocycles. The van der Waals surface area contributed by atoms with Gasteiger partial charge in [-0.1, -0.05) is 0 Å². The number of fused-ring (bicyclic) bond motifs is 1. The van der Waals surface area contributed by atoms with E-state index in [0.717, 1.165) is 16.9 Å². The topological polar surface area (TPSA) is 64.3 Å². The smallest absolute Gasteiger partial charge is 0.337 e. The number of ether oxygens (including phenoxy) is 1. The molecule has 0 aliphatic rings. The van der Waals surface area contributed by atoms with Gasteiger partial charge in [0, 0.05) is 6.54 Å². The molecular weight excluding hydrogens is 220 g/mol. The Morgan fingerprint density at radius 2 is 2.29 bits per heavy atom. The van der Waals surface area contributed by atoms with E-state index in [1.165, 1.54) is 7.11 Å². The van der Waals surface area contributed by atoms with Gasteiger partial charge in [0.25, 0.3) is 0 Å². The molecule has 1 heterocycles. The highest BCUT2D eigenvalue weighted by molar-refractivity contribution is 5.93. The number of carbonyl (C=O) groups is 1. The average Bonchev–Trinajstić information content (AvgIpc) is 2.65. The first kappa shape index (κ1) is 11.6. The Kier molecular flexibility index (Phi) is 3.10. The van der Waals surface area contributed by atoms with Gasteiger partial charge >= 0.3 is 5.97 Å². The lowest BCUT2D eigenvalue weighted by molar-refractivity contribution is 0.0601. The Morgan fingerprint density at radius 3 is 2.94 bits per heavy atom. The molecule has 0 spiro atoms. The van der Waals surface area contributed by atoms with Crippen molar-refractivity contribution < 1.29 is 14.6 Å². The zero-order chi connectivity index (χ0) is 12.4. The van der Waals surface area contributed by atoms with Gasteiger partial charge < -0.3 is 14.4 Å². The summed E-state index contributed by atoms with van der Waals surface area (Å²) in [6.07, 6.45) is 0. The molecular formula is C12H14N2O3. The fourth-order valence-electron chi connectivity index (χ4n) is 1.87. The van der Waals surface area contributed by atoms with Crippen molar-refractivity contribution >= 4 is 17.0 Å². The lowest BCUT2D eigenvalue weighted by Gasteiger charge is -2.04. The van der Waals surface area contributed by atoms with Gasteiger partial charge in [-0.05, 0) is 25.1 Å². The van der Waals surface area contributed by atoms with E-state index in [0.29, 0.717) is 12.1 Å². The fourth-order valence-corrected chi connectivity index (χ4v) is 1.87. The average molecular weight is 234 g/mol. The zero-order valence-corrected chi connectivity index (χ0v) is 9.80. The monoisotopic (exact) mass is 234 g/mol. The molecule has 0 amide bonds. The molecule has 90 valence electrons. The number of imidazole rings is 1. The van der Waals surface area contributed by atoms with E-state index in [2.05, 4.69) is 9.72 Å². The first-order valence-electron chi connectivity index (χ1n) is 5.33. The third-order valence-electron chi connectivity index (χ3n) is 2.68. The van der Waals surface area contributed by atoms with Gasteiger partial charge in [-0.2, -0.15) is 0 Å². The van der Waals surface area contributed by atoms with Gasteiger partial charge in [0.05, 0.1) is 30.3 Å². The molecule has 17 heavy (non-hydrogen) atoms. The van der Waals surface area contributed by atoms with Crippen LogP contribution in [0.5, 0.6) is 0 Å². The van der Waals surface area contributed by atoms with Gasteiger partial charge in [0.1, 0.15) is 5.82 Å². The molecule has 1 aromatic carbocycles. The second kappa shape index (κ2) is 4.55. The van der Waals surface area contributed by atoms with Gasteiger partial charge in [0.15, 0.2) is 0 Å². The van der Waals surface area contributed by atoms with Crippen LogP contribution in [0.4, 0.5) is 0 Å². The van der Waals surface area contributed by atoms with Crippen molar-refractivity contribution in [3.05, 3.63) is 29.6 Å². The largest absolute Gasteiger partial charge is 0.465 e. The van der Waals surface area contributed by atoms with Crippen molar-refractivity contribution in [2.45, 2.75) is 13.5 Å². The van der Waals surface area contributed by atoms with Gasteiger partial charge in [-0.15, -0.1) is 0 Å². The summed E-state index contributed by atoms with van der Waals surface area (Å²) in [5.74, 6) is 0.442. The number of aliphatic hydroxyl groups is 1. The molecule has 5 nitrogen and oxygen atoms in total. The van der Waals surface area contributed by atoms with Crippen LogP contribution < -0.4 is 0 Å². The Bertz CT molecular complexity index is 560. The Labute approximate surface area is 98.6 Å². The van der Waals surface area contributed by atoms with E-state index in [-0.39, 0.29) is 12.6 Å². The van der Waals surface area contributed by atoms with Crippen molar-refractivity contribution in [1.82, 2.24) is 9.55 Å². The van der Waals surface area contributed by atoms with E-state index in [1.54, 1.807) is 18.2 Å². The first-order chi connectivity index (χ1) is 8.17. The fraction of sp³-hybridized carbons (Fsp3) is 0.333. The maximum atomic E-state index is 11.4. The number of carbonyl (C=O) groups excluding carboxylic acids is 1. The normalized spacial score (nSPS) is 10.8. The number of hydrogen-bond acceptors (Lipinski definition) is 4. The lowest BCUT2D eigenvalue weighted by atomic mass is 10.2. The number of benzene rings is 1. The number of hydrogen-bond donors (Lipinski definition) is 1. The predicted octanol–water partition coefficient (Wildman–Crippen LogP) is 1.12. The molecule has 0 aliphatic heterocycles. The van der Waals surface area contributed by atoms with Crippen LogP contribution in [0.25, 0.3) is 11.0 Å². The van der Waals surface area contributed by atoms with Crippen LogP contribution in [0.15, 0.2) is 18.2 Å². The molecule has 5 heteroatoms. The maximum Gasteiger partial charge on any atom is 0.337 e. The summed E-state index contributed by atoms with van der Waals surface area (Å²) in [6, 6.07) is 5.20. The van der Waals surface area contributed by atoms with Gasteiger partial charge in [0.2, 0.25) is 0 Å². The molecule has 0 fully saturated rings. The summed E-state index contributed by atoms with van der Waals surface area (Å²) in [6.45, 7) is 2.37. The summed E-state index contributed by atoms with van der Waals surface area (Å²) in [7, 11) is 1.35. The summed E-state index contributed by atoms with van der Waals surface area (Å²) < 4.78 is 6.55. The standard InChI is InChI=1S/C12H14N2O3/c1-8-13-10-4-3-9(12(16)17-2)7-11(10)14(8)5-6-15/h3-4,7,15H,5-6H2,1-2H3. The molecule has 2 aromatic rings. The molecule has 0 radical (unpaired) electrons. The van der Waals surface area contributed by atoms with Crippen LogP contribution in [-0.2, 0) is 11.3 Å². The molecule has 1 N–H and O–H groups in total. The van der Waals surface area contributed by atoms with Crippen molar-refractivity contribution in [2.75, 3.05) is 13.7 Å². The number of aryl methyl sites for hydroxylation is 1. The minimum atomic E-state index is -0.374. The van der Waals surface area contributed by atoms with Crippen molar-refractivity contribution in [3.8, 4) is 0 Å². The molecule has 2 rings (SSSR count).